The molecule has 0 saturated heterocycles. The van der Waals surface area contributed by atoms with Crippen molar-refractivity contribution in [3.8, 4) is 17.1 Å². The van der Waals surface area contributed by atoms with E-state index < -0.39 is 18.3 Å². The van der Waals surface area contributed by atoms with E-state index in [1.807, 2.05) is 30.3 Å². The quantitative estimate of drug-likeness (QED) is 0.453. The highest BCUT2D eigenvalue weighted by molar-refractivity contribution is 5.77. The summed E-state index contributed by atoms with van der Waals surface area (Å²) in [6, 6.07) is 18.0. The van der Waals surface area contributed by atoms with Crippen LogP contribution in [0.5, 0.6) is 0 Å². The highest BCUT2D eigenvalue weighted by Gasteiger charge is 2.19. The topological polar surface area (TPSA) is 113 Å². The van der Waals surface area contributed by atoms with Crippen LogP contribution in [0, 0.1) is 0 Å². The average Bonchev–Trinajstić information content (AvgIpc) is 3.20. The van der Waals surface area contributed by atoms with Crippen LogP contribution in [0.25, 0.3) is 28.1 Å². The fourth-order valence-electron chi connectivity index (χ4n) is 3.25. The van der Waals surface area contributed by atoms with Gasteiger partial charge in [0, 0.05) is 0 Å². The zero-order valence-corrected chi connectivity index (χ0v) is 15.5. The van der Waals surface area contributed by atoms with Crippen LogP contribution in [-0.4, -0.2) is 47.4 Å². The summed E-state index contributed by atoms with van der Waals surface area (Å²) >= 11 is 0. The van der Waals surface area contributed by atoms with Gasteiger partial charge in [-0.15, -0.1) is 0 Å². The molecule has 0 fully saturated rings. The van der Waals surface area contributed by atoms with Crippen LogP contribution in [-0.2, 0) is 13.2 Å². The van der Waals surface area contributed by atoms with Crippen molar-refractivity contribution in [2.24, 2.45) is 0 Å². The van der Waals surface area contributed by atoms with Gasteiger partial charge >= 0.3 is 0 Å². The Labute approximate surface area is 165 Å². The highest BCUT2D eigenvalue weighted by Crippen LogP contribution is 2.21. The van der Waals surface area contributed by atoms with Gasteiger partial charge < -0.3 is 19.9 Å². The molecule has 8 nitrogen and oxygen atoms in total. The minimum absolute atomic E-state index is 0.0718. The highest BCUT2D eigenvalue weighted by atomic mass is 16.3. The van der Waals surface area contributed by atoms with Crippen molar-refractivity contribution in [1.82, 2.24) is 19.3 Å². The molecule has 2 aromatic carbocycles. The number of hydrogen-bond acceptors (Lipinski definition) is 6. The van der Waals surface area contributed by atoms with Crippen molar-refractivity contribution in [2.45, 2.75) is 19.3 Å². The van der Waals surface area contributed by atoms with Crippen LogP contribution < -0.4 is 5.56 Å². The Kier molecular flexibility index (Phi) is 5.22. The fourth-order valence-corrected chi connectivity index (χ4v) is 3.25. The van der Waals surface area contributed by atoms with Crippen molar-refractivity contribution >= 4 is 11.0 Å². The molecule has 29 heavy (non-hydrogen) atoms. The maximum absolute atomic E-state index is 13.2. The maximum Gasteiger partial charge on any atom is 0.279 e. The lowest BCUT2D eigenvalue weighted by molar-refractivity contribution is 0.0814. The van der Waals surface area contributed by atoms with Crippen molar-refractivity contribution in [1.29, 1.82) is 0 Å². The lowest BCUT2D eigenvalue weighted by atomic mass is 10.2. The molecule has 148 valence electrons. The van der Waals surface area contributed by atoms with Crippen LogP contribution in [0.3, 0.4) is 0 Å². The largest absolute Gasteiger partial charge is 0.394 e. The van der Waals surface area contributed by atoms with Gasteiger partial charge in [0.25, 0.3) is 5.56 Å². The Bertz CT molecular complexity index is 1200. The number of benzene rings is 2. The molecule has 1 unspecified atom stereocenters. The first-order valence-corrected chi connectivity index (χ1v) is 9.16. The SMILES string of the molecule is O=c1c(-c2cc(CO)n(-c3ccccc3)n2)nc2ccccc2n1CC(O)CO. The number of fused-ring (bicyclic) bond motifs is 1. The normalized spacial score (nSPS) is 12.4. The van der Waals surface area contributed by atoms with E-state index >= 15 is 0 Å². The second-order valence-corrected chi connectivity index (χ2v) is 6.63. The van der Waals surface area contributed by atoms with E-state index in [0.717, 1.165) is 5.69 Å². The lowest BCUT2D eigenvalue weighted by Gasteiger charge is -2.14. The van der Waals surface area contributed by atoms with Crippen molar-refractivity contribution in [3.05, 3.63) is 76.7 Å². The van der Waals surface area contributed by atoms with Gasteiger partial charge in [0.1, 0.15) is 5.69 Å². The summed E-state index contributed by atoms with van der Waals surface area (Å²) in [5.74, 6) is 0. The Hall–Kier alpha value is -3.33. The van der Waals surface area contributed by atoms with Gasteiger partial charge in [-0.2, -0.15) is 5.10 Å². The Balaban J connectivity index is 1.92. The lowest BCUT2D eigenvalue weighted by Crippen LogP contribution is -2.30. The molecule has 0 spiro atoms. The summed E-state index contributed by atoms with van der Waals surface area (Å²) in [6.07, 6.45) is -1.08. The van der Waals surface area contributed by atoms with E-state index in [4.69, 9.17) is 0 Å². The van der Waals surface area contributed by atoms with Crippen molar-refractivity contribution in [3.63, 3.8) is 0 Å². The van der Waals surface area contributed by atoms with Gasteiger partial charge in [0.05, 0.1) is 48.3 Å². The number of hydrogen-bond donors (Lipinski definition) is 3. The molecular weight excluding hydrogens is 372 g/mol. The van der Waals surface area contributed by atoms with E-state index in [-0.39, 0.29) is 18.8 Å². The second-order valence-electron chi connectivity index (χ2n) is 6.63. The first kappa shape index (κ1) is 19.0. The molecule has 0 aliphatic heterocycles. The molecule has 4 aromatic rings. The van der Waals surface area contributed by atoms with Gasteiger partial charge in [0.2, 0.25) is 0 Å². The summed E-state index contributed by atoms with van der Waals surface area (Å²) in [6.45, 7) is -0.791. The van der Waals surface area contributed by atoms with Gasteiger partial charge in [-0.1, -0.05) is 30.3 Å². The Morgan fingerprint density at radius 3 is 2.45 bits per heavy atom. The molecule has 3 N–H and O–H groups in total. The molecule has 0 amide bonds. The first-order chi connectivity index (χ1) is 14.1. The van der Waals surface area contributed by atoms with Crippen LogP contribution in [0.2, 0.25) is 0 Å². The predicted molar refractivity (Wildman–Crippen MR) is 108 cm³/mol. The molecule has 0 radical (unpaired) electrons. The number of rotatable bonds is 6. The van der Waals surface area contributed by atoms with Gasteiger partial charge in [-0.3, -0.25) is 4.79 Å². The van der Waals surface area contributed by atoms with E-state index in [0.29, 0.717) is 22.4 Å². The third-order valence-corrected chi connectivity index (χ3v) is 4.65. The molecule has 0 saturated carbocycles. The average molecular weight is 392 g/mol. The van der Waals surface area contributed by atoms with Gasteiger partial charge in [-0.05, 0) is 30.3 Å². The number of aliphatic hydroxyl groups excluding tert-OH is 3. The summed E-state index contributed by atoms with van der Waals surface area (Å²) in [5, 5.41) is 33.4. The van der Waals surface area contributed by atoms with Crippen LogP contribution in [0.4, 0.5) is 0 Å². The summed E-state index contributed by atoms with van der Waals surface area (Å²) in [4.78, 5) is 17.7. The van der Waals surface area contributed by atoms with Crippen LogP contribution in [0.15, 0.2) is 65.5 Å². The molecule has 2 heterocycles. The minimum atomic E-state index is -1.08. The zero-order valence-electron chi connectivity index (χ0n) is 15.5. The third-order valence-electron chi connectivity index (χ3n) is 4.65. The van der Waals surface area contributed by atoms with Crippen molar-refractivity contribution in [2.75, 3.05) is 6.61 Å². The Morgan fingerprint density at radius 2 is 1.72 bits per heavy atom. The second kappa shape index (κ2) is 7.96. The standard InChI is InChI=1S/C21H20N4O4/c26-12-15-10-18(23-25(15)14-6-2-1-3-7-14)20-21(29)24(11-16(28)13-27)19-9-5-4-8-17(19)22-20/h1-10,16,26-28H,11-13H2. The molecule has 8 heteroatoms. The molecule has 0 aliphatic rings. The molecule has 2 aromatic heterocycles. The first-order valence-electron chi connectivity index (χ1n) is 9.16. The number of aromatic nitrogens is 4. The van der Waals surface area contributed by atoms with Crippen LogP contribution >= 0.6 is 0 Å². The smallest absolute Gasteiger partial charge is 0.279 e. The summed E-state index contributed by atoms with van der Waals surface area (Å²) in [5.41, 5.74) is 2.38. The Morgan fingerprint density at radius 1 is 1.00 bits per heavy atom. The molecule has 1 atom stereocenters. The van der Waals surface area contributed by atoms with E-state index in [9.17, 15) is 20.1 Å². The third kappa shape index (κ3) is 3.56. The summed E-state index contributed by atoms with van der Waals surface area (Å²) in [7, 11) is 0. The molecule has 0 aliphatic carbocycles. The van der Waals surface area contributed by atoms with E-state index in [1.54, 1.807) is 35.0 Å². The monoisotopic (exact) mass is 392 g/mol. The number of nitrogens with zero attached hydrogens (tertiary/aromatic N) is 4. The molecular formula is C21H20N4O4. The maximum atomic E-state index is 13.2. The molecule has 4 rings (SSSR count). The summed E-state index contributed by atoms with van der Waals surface area (Å²) < 4.78 is 2.96. The number of aliphatic hydroxyl groups is 3. The van der Waals surface area contributed by atoms with E-state index in [1.165, 1.54) is 4.57 Å². The van der Waals surface area contributed by atoms with Crippen LogP contribution in [0.1, 0.15) is 5.69 Å². The van der Waals surface area contributed by atoms with E-state index in [2.05, 4.69) is 10.1 Å². The number of para-hydroxylation sites is 3. The van der Waals surface area contributed by atoms with Gasteiger partial charge in [-0.25, -0.2) is 9.67 Å². The minimum Gasteiger partial charge on any atom is -0.394 e. The fraction of sp³-hybridized carbons (Fsp3) is 0.190. The predicted octanol–water partition coefficient (Wildman–Crippen LogP) is 1.09. The molecule has 0 bridgehead atoms. The van der Waals surface area contributed by atoms with Gasteiger partial charge in [0.15, 0.2) is 5.69 Å². The van der Waals surface area contributed by atoms with Crippen molar-refractivity contribution < 1.29 is 15.3 Å². The zero-order chi connectivity index (χ0) is 20.4.